The molecule has 1 aromatic rings. The largest absolute Gasteiger partial charge is 0.347 e. The lowest BCUT2D eigenvalue weighted by Gasteiger charge is -2.26. The van der Waals surface area contributed by atoms with Crippen molar-refractivity contribution < 1.29 is 17.6 Å². The van der Waals surface area contributed by atoms with Crippen molar-refractivity contribution in [2.75, 3.05) is 37.0 Å². The number of amides is 1. The zero-order valence-corrected chi connectivity index (χ0v) is 16.9. The summed E-state index contributed by atoms with van der Waals surface area (Å²) < 4.78 is 39.3. The Labute approximate surface area is 159 Å². The van der Waals surface area contributed by atoms with E-state index in [-0.39, 0.29) is 34.8 Å². The summed E-state index contributed by atoms with van der Waals surface area (Å²) in [5.74, 6) is -0.892. The lowest BCUT2D eigenvalue weighted by molar-refractivity contribution is -0.129. The van der Waals surface area contributed by atoms with Crippen LogP contribution in [-0.2, 0) is 14.6 Å². The van der Waals surface area contributed by atoms with Crippen LogP contribution in [0.4, 0.5) is 10.1 Å². The maximum Gasteiger partial charge on any atom is 0.241 e. The summed E-state index contributed by atoms with van der Waals surface area (Å²) in [6.45, 7) is -0.0306. The molecule has 2 fully saturated rings. The first kappa shape index (κ1) is 18.5. The van der Waals surface area contributed by atoms with E-state index in [9.17, 15) is 17.6 Å². The van der Waals surface area contributed by atoms with Gasteiger partial charge in [-0.15, -0.1) is 0 Å². The number of thiocarbonyl (C=S) groups is 1. The van der Waals surface area contributed by atoms with Gasteiger partial charge in [0.1, 0.15) is 5.82 Å². The molecule has 0 aliphatic carbocycles. The van der Waals surface area contributed by atoms with Gasteiger partial charge in [0.05, 0.1) is 35.8 Å². The number of hydrogen-bond donors (Lipinski definition) is 0. The zero-order valence-electron chi connectivity index (χ0n) is 13.6. The molecule has 0 N–H and O–H groups in total. The van der Waals surface area contributed by atoms with Crippen molar-refractivity contribution in [3.63, 3.8) is 0 Å². The first-order chi connectivity index (χ1) is 11.6. The Balaban J connectivity index is 2.01. The molecule has 0 radical (unpaired) electrons. The van der Waals surface area contributed by atoms with Crippen molar-refractivity contribution in [1.82, 2.24) is 9.80 Å². The number of hydrogen-bond acceptors (Lipinski definition) is 4. The molecule has 10 heteroatoms. The second-order valence-electron chi connectivity index (χ2n) is 6.38. The van der Waals surface area contributed by atoms with E-state index >= 15 is 0 Å². The summed E-state index contributed by atoms with van der Waals surface area (Å²) in [6, 6.07) is 3.59. The lowest BCUT2D eigenvalue weighted by atomic mass is 10.1. The van der Waals surface area contributed by atoms with Gasteiger partial charge >= 0.3 is 0 Å². The third-order valence-electron chi connectivity index (χ3n) is 4.45. The molecule has 1 amide bonds. The van der Waals surface area contributed by atoms with Crippen LogP contribution >= 0.6 is 28.1 Å². The van der Waals surface area contributed by atoms with Crippen LogP contribution < -0.4 is 4.90 Å². The van der Waals surface area contributed by atoms with Crippen LogP contribution in [0.25, 0.3) is 0 Å². The van der Waals surface area contributed by atoms with Crippen LogP contribution in [0.1, 0.15) is 0 Å². The molecule has 0 spiro atoms. The van der Waals surface area contributed by atoms with E-state index in [1.807, 2.05) is 0 Å². The summed E-state index contributed by atoms with van der Waals surface area (Å²) in [7, 11) is -0.0364. The van der Waals surface area contributed by atoms with Gasteiger partial charge in [0, 0.05) is 18.6 Å². The van der Waals surface area contributed by atoms with E-state index in [1.54, 1.807) is 31.1 Å². The number of nitrogens with zero attached hydrogens (tertiary/aromatic N) is 3. The number of carbonyl (C=O) groups excluding carboxylic acids is 1. The number of halogens is 2. The molecular formula is C15H17BrFN3O3S2. The minimum Gasteiger partial charge on any atom is -0.347 e. The van der Waals surface area contributed by atoms with Crippen molar-refractivity contribution in [2.45, 2.75) is 12.1 Å². The van der Waals surface area contributed by atoms with Crippen molar-refractivity contribution in [3.8, 4) is 0 Å². The number of sulfone groups is 1. The van der Waals surface area contributed by atoms with E-state index in [2.05, 4.69) is 15.9 Å². The first-order valence-electron chi connectivity index (χ1n) is 7.56. The molecule has 0 aromatic heterocycles. The maximum atomic E-state index is 14.5. The quantitative estimate of drug-likeness (QED) is 0.647. The van der Waals surface area contributed by atoms with Gasteiger partial charge < -0.3 is 14.7 Å². The fraction of sp³-hybridized carbons (Fsp3) is 0.467. The van der Waals surface area contributed by atoms with Gasteiger partial charge in [0.2, 0.25) is 5.91 Å². The average Bonchev–Trinajstić information content (AvgIpc) is 2.92. The standard InChI is InChI=1S/C15H17BrFN3O3S2/c1-18(2)14(21)6-19-12-7-25(22,23)8-13(12)20(15(19)24)11-4-3-9(16)5-10(11)17/h3-5,12-13H,6-8H2,1-2H3/t12-,13-/m0/s1. The van der Waals surface area contributed by atoms with Crippen LogP contribution in [0, 0.1) is 5.82 Å². The summed E-state index contributed by atoms with van der Waals surface area (Å²) in [6.07, 6.45) is 0. The smallest absolute Gasteiger partial charge is 0.241 e. The summed E-state index contributed by atoms with van der Waals surface area (Å²) in [5, 5.41) is 0.279. The topological polar surface area (TPSA) is 60.9 Å². The highest BCUT2D eigenvalue weighted by atomic mass is 79.9. The summed E-state index contributed by atoms with van der Waals surface area (Å²) in [5.41, 5.74) is 0.222. The number of benzene rings is 1. The summed E-state index contributed by atoms with van der Waals surface area (Å²) >= 11 is 8.69. The monoisotopic (exact) mass is 449 g/mol. The summed E-state index contributed by atoms with van der Waals surface area (Å²) in [4.78, 5) is 16.7. The second-order valence-corrected chi connectivity index (χ2v) is 9.81. The van der Waals surface area contributed by atoms with Gasteiger partial charge in [-0.3, -0.25) is 4.79 Å². The lowest BCUT2D eigenvalue weighted by Crippen LogP contribution is -2.44. The third kappa shape index (κ3) is 3.39. The minimum atomic E-state index is -3.28. The maximum absolute atomic E-state index is 14.5. The predicted molar refractivity (Wildman–Crippen MR) is 101 cm³/mol. The van der Waals surface area contributed by atoms with Crippen molar-refractivity contribution in [1.29, 1.82) is 0 Å². The van der Waals surface area contributed by atoms with Crippen LogP contribution in [0.3, 0.4) is 0 Å². The van der Waals surface area contributed by atoms with Gasteiger partial charge in [0.25, 0.3) is 0 Å². The molecule has 0 saturated carbocycles. The Morgan fingerprint density at radius 2 is 2.00 bits per heavy atom. The van der Waals surface area contributed by atoms with E-state index in [0.717, 1.165) is 0 Å². The van der Waals surface area contributed by atoms with Crippen molar-refractivity contribution in [2.24, 2.45) is 0 Å². The van der Waals surface area contributed by atoms with Gasteiger partial charge in [-0.1, -0.05) is 15.9 Å². The Morgan fingerprint density at radius 1 is 1.36 bits per heavy atom. The van der Waals surface area contributed by atoms with Gasteiger partial charge in [-0.2, -0.15) is 0 Å². The van der Waals surface area contributed by atoms with Crippen LogP contribution in [0.5, 0.6) is 0 Å². The van der Waals surface area contributed by atoms with Crippen molar-refractivity contribution in [3.05, 3.63) is 28.5 Å². The second kappa shape index (κ2) is 6.48. The molecule has 136 valence electrons. The predicted octanol–water partition coefficient (Wildman–Crippen LogP) is 1.25. The molecule has 3 rings (SSSR count). The normalized spacial score (nSPS) is 24.6. The molecule has 6 nitrogen and oxygen atoms in total. The Bertz CT molecular complexity index is 846. The van der Waals surface area contributed by atoms with Crippen LogP contribution in [-0.4, -0.2) is 73.5 Å². The first-order valence-corrected chi connectivity index (χ1v) is 10.6. The highest BCUT2D eigenvalue weighted by Crippen LogP contribution is 2.36. The molecule has 0 unspecified atom stereocenters. The Kier molecular flexibility index (Phi) is 4.80. The minimum absolute atomic E-state index is 0.0306. The molecule has 2 aliphatic rings. The van der Waals surface area contributed by atoms with Gasteiger partial charge in [0.15, 0.2) is 14.9 Å². The number of anilines is 1. The average molecular weight is 450 g/mol. The number of likely N-dealkylation sites (N-methyl/N-ethyl adjacent to an activating group) is 1. The van der Waals surface area contributed by atoms with Crippen LogP contribution in [0.2, 0.25) is 0 Å². The molecular weight excluding hydrogens is 433 g/mol. The molecule has 2 saturated heterocycles. The Hall–Kier alpha value is -1.26. The van der Waals surface area contributed by atoms with Gasteiger partial charge in [-0.05, 0) is 30.4 Å². The molecule has 25 heavy (non-hydrogen) atoms. The number of fused-ring (bicyclic) bond motifs is 1. The molecule has 2 atom stereocenters. The molecule has 2 heterocycles. The number of carbonyl (C=O) groups is 1. The van der Waals surface area contributed by atoms with E-state index in [0.29, 0.717) is 4.47 Å². The third-order valence-corrected chi connectivity index (χ3v) is 7.07. The van der Waals surface area contributed by atoms with Crippen LogP contribution in [0.15, 0.2) is 22.7 Å². The van der Waals surface area contributed by atoms with Crippen molar-refractivity contribution >= 4 is 54.7 Å². The fourth-order valence-electron chi connectivity index (χ4n) is 3.21. The highest BCUT2D eigenvalue weighted by molar-refractivity contribution is 9.10. The molecule has 1 aromatic carbocycles. The highest BCUT2D eigenvalue weighted by Gasteiger charge is 2.52. The number of rotatable bonds is 3. The van der Waals surface area contributed by atoms with E-state index in [4.69, 9.17) is 12.2 Å². The Morgan fingerprint density at radius 3 is 2.60 bits per heavy atom. The molecule has 0 bridgehead atoms. The van der Waals surface area contributed by atoms with E-state index in [1.165, 1.54) is 15.9 Å². The fourth-order valence-corrected chi connectivity index (χ4v) is 5.92. The SMILES string of the molecule is CN(C)C(=O)CN1C(=S)N(c2ccc(Br)cc2F)[C@H]2CS(=O)(=O)C[C@@H]21. The zero-order chi connectivity index (χ0) is 18.5. The van der Waals surface area contributed by atoms with Gasteiger partial charge in [-0.25, -0.2) is 12.8 Å². The molecule has 2 aliphatic heterocycles. The van der Waals surface area contributed by atoms with E-state index < -0.39 is 27.7 Å².